The van der Waals surface area contributed by atoms with Crippen molar-refractivity contribution in [3.8, 4) is 0 Å². The summed E-state index contributed by atoms with van der Waals surface area (Å²) in [7, 11) is 0. The zero-order valence-electron chi connectivity index (χ0n) is 11.9. The normalized spacial score (nSPS) is 18.6. The van der Waals surface area contributed by atoms with Crippen molar-refractivity contribution in [2.45, 2.75) is 39.2 Å². The van der Waals surface area contributed by atoms with Gasteiger partial charge in [0.2, 0.25) is 0 Å². The van der Waals surface area contributed by atoms with Gasteiger partial charge in [0.05, 0.1) is 0 Å². The van der Waals surface area contributed by atoms with Crippen molar-refractivity contribution >= 4 is 5.82 Å². The van der Waals surface area contributed by atoms with E-state index in [2.05, 4.69) is 34.3 Å². The van der Waals surface area contributed by atoms with Crippen molar-refractivity contribution in [3.05, 3.63) is 23.9 Å². The highest BCUT2D eigenvalue weighted by Crippen LogP contribution is 2.35. The summed E-state index contributed by atoms with van der Waals surface area (Å²) in [5, 5.41) is 3.43. The molecule has 0 aliphatic heterocycles. The number of aromatic nitrogens is 1. The lowest BCUT2D eigenvalue weighted by atomic mass is 10.2. The molecule has 1 aromatic heterocycles. The monoisotopic (exact) mass is 259 g/mol. The largest absolute Gasteiger partial charge is 0.356 e. The third kappa shape index (κ3) is 3.69. The predicted octanol–water partition coefficient (Wildman–Crippen LogP) is 2.82. The van der Waals surface area contributed by atoms with Crippen LogP contribution in [0.2, 0.25) is 0 Å². The van der Waals surface area contributed by atoms with Crippen molar-refractivity contribution < 1.29 is 0 Å². The Balaban J connectivity index is 1.74. The lowest BCUT2D eigenvalue weighted by Gasteiger charge is -2.26. The molecule has 0 bridgehead atoms. The van der Waals surface area contributed by atoms with Gasteiger partial charge in [0, 0.05) is 31.4 Å². The van der Waals surface area contributed by atoms with Crippen LogP contribution in [-0.2, 0) is 6.54 Å². The number of rotatable bonds is 8. The van der Waals surface area contributed by atoms with E-state index in [-0.39, 0.29) is 0 Å². The van der Waals surface area contributed by atoms with Crippen LogP contribution in [0.1, 0.15) is 38.2 Å². The smallest absolute Gasteiger partial charge is 0.133 e. The van der Waals surface area contributed by atoms with E-state index >= 15 is 0 Å². The third-order valence-corrected chi connectivity index (χ3v) is 4.08. The van der Waals surface area contributed by atoms with E-state index in [1.165, 1.54) is 50.2 Å². The van der Waals surface area contributed by atoms with E-state index < -0.39 is 0 Å². The zero-order valence-corrected chi connectivity index (χ0v) is 11.9. The molecule has 2 fully saturated rings. The highest BCUT2D eigenvalue weighted by atomic mass is 15.2. The number of hydrogen-bond donors (Lipinski definition) is 1. The molecule has 1 N–H and O–H groups in total. The van der Waals surface area contributed by atoms with Crippen molar-refractivity contribution in [3.63, 3.8) is 0 Å². The number of hydrogen-bond acceptors (Lipinski definition) is 3. The highest BCUT2D eigenvalue weighted by molar-refractivity contribution is 5.47. The molecular formula is C16H25N3. The fraction of sp³-hybridized carbons (Fsp3) is 0.688. The summed E-state index contributed by atoms with van der Waals surface area (Å²) >= 11 is 0. The molecule has 2 aliphatic carbocycles. The molecule has 0 spiro atoms. The Hall–Kier alpha value is -1.09. The fourth-order valence-corrected chi connectivity index (χ4v) is 2.58. The summed E-state index contributed by atoms with van der Waals surface area (Å²) in [6, 6.07) is 4.28. The van der Waals surface area contributed by atoms with Crippen molar-refractivity contribution in [1.82, 2.24) is 10.3 Å². The van der Waals surface area contributed by atoms with Crippen LogP contribution in [0.5, 0.6) is 0 Å². The van der Waals surface area contributed by atoms with Crippen LogP contribution in [0.3, 0.4) is 0 Å². The van der Waals surface area contributed by atoms with Gasteiger partial charge in [-0.3, -0.25) is 0 Å². The Bertz CT molecular complexity index is 396. The molecule has 19 heavy (non-hydrogen) atoms. The van der Waals surface area contributed by atoms with Crippen molar-refractivity contribution in [2.75, 3.05) is 24.5 Å². The summed E-state index contributed by atoms with van der Waals surface area (Å²) in [5.74, 6) is 3.07. The lowest BCUT2D eigenvalue weighted by Crippen LogP contribution is -2.30. The van der Waals surface area contributed by atoms with Crippen molar-refractivity contribution in [1.29, 1.82) is 0 Å². The quantitative estimate of drug-likeness (QED) is 0.778. The first-order valence-electron chi connectivity index (χ1n) is 7.76. The molecule has 1 heterocycles. The molecule has 2 aliphatic rings. The van der Waals surface area contributed by atoms with Gasteiger partial charge in [-0.25, -0.2) is 4.98 Å². The Morgan fingerprint density at radius 1 is 1.21 bits per heavy atom. The van der Waals surface area contributed by atoms with Gasteiger partial charge in [-0.2, -0.15) is 0 Å². The Kier molecular flexibility index (Phi) is 4.02. The van der Waals surface area contributed by atoms with Gasteiger partial charge >= 0.3 is 0 Å². The first-order chi connectivity index (χ1) is 9.36. The summed E-state index contributed by atoms with van der Waals surface area (Å²) in [5.41, 5.74) is 1.35. The van der Waals surface area contributed by atoms with E-state index in [0.29, 0.717) is 0 Å². The Labute approximate surface area is 116 Å². The highest BCUT2D eigenvalue weighted by Gasteiger charge is 2.30. The summed E-state index contributed by atoms with van der Waals surface area (Å²) in [4.78, 5) is 7.24. The molecule has 0 amide bonds. The van der Waals surface area contributed by atoms with Crippen LogP contribution in [0.4, 0.5) is 5.82 Å². The third-order valence-electron chi connectivity index (χ3n) is 4.08. The first-order valence-corrected chi connectivity index (χ1v) is 7.76. The van der Waals surface area contributed by atoms with Crippen LogP contribution >= 0.6 is 0 Å². The molecule has 3 heteroatoms. The molecule has 0 atom stereocenters. The maximum absolute atomic E-state index is 4.68. The summed E-state index contributed by atoms with van der Waals surface area (Å²) < 4.78 is 0. The second-order valence-electron chi connectivity index (χ2n) is 6.06. The summed E-state index contributed by atoms with van der Waals surface area (Å²) in [6.45, 7) is 6.53. The minimum absolute atomic E-state index is 0.924. The minimum Gasteiger partial charge on any atom is -0.356 e. The second-order valence-corrected chi connectivity index (χ2v) is 6.06. The van der Waals surface area contributed by atoms with Gasteiger partial charge in [-0.1, -0.05) is 13.0 Å². The zero-order chi connectivity index (χ0) is 13.1. The van der Waals surface area contributed by atoms with Gasteiger partial charge in [0.25, 0.3) is 0 Å². The van der Waals surface area contributed by atoms with Gasteiger partial charge in [0.15, 0.2) is 0 Å². The molecule has 0 aromatic carbocycles. The Morgan fingerprint density at radius 3 is 2.47 bits per heavy atom. The average molecular weight is 259 g/mol. The number of pyridine rings is 1. The number of nitrogens with zero attached hydrogens (tertiary/aromatic N) is 2. The molecule has 0 radical (unpaired) electrons. The molecule has 2 saturated carbocycles. The van der Waals surface area contributed by atoms with Gasteiger partial charge in [-0.05, 0) is 50.1 Å². The topological polar surface area (TPSA) is 28.2 Å². The maximum atomic E-state index is 4.68. The minimum atomic E-state index is 0.924. The molecule has 1 aromatic rings. The van der Waals surface area contributed by atoms with E-state index in [1.807, 2.05) is 6.20 Å². The molecule has 3 nitrogen and oxygen atoms in total. The van der Waals surface area contributed by atoms with Gasteiger partial charge in [-0.15, -0.1) is 0 Å². The maximum Gasteiger partial charge on any atom is 0.133 e. The standard InChI is InChI=1S/C16H25N3/c1-2-17-10-15-4-3-9-18-16(15)19(11-13-5-6-13)12-14-7-8-14/h3-4,9,13-14,17H,2,5-8,10-12H2,1H3. The van der Waals surface area contributed by atoms with Crippen LogP contribution in [0.25, 0.3) is 0 Å². The van der Waals surface area contributed by atoms with E-state index in [4.69, 9.17) is 0 Å². The lowest BCUT2D eigenvalue weighted by molar-refractivity contribution is 0.658. The molecule has 104 valence electrons. The Morgan fingerprint density at radius 2 is 1.89 bits per heavy atom. The number of anilines is 1. The van der Waals surface area contributed by atoms with Gasteiger partial charge < -0.3 is 10.2 Å². The first kappa shape index (κ1) is 12.9. The van der Waals surface area contributed by atoms with Crippen LogP contribution < -0.4 is 10.2 Å². The van der Waals surface area contributed by atoms with Crippen LogP contribution in [-0.4, -0.2) is 24.6 Å². The van der Waals surface area contributed by atoms with Crippen LogP contribution in [0, 0.1) is 11.8 Å². The average Bonchev–Trinajstić information content (AvgIpc) is 3.31. The molecule has 0 saturated heterocycles. The summed E-state index contributed by atoms with van der Waals surface area (Å²) in [6.07, 6.45) is 7.59. The van der Waals surface area contributed by atoms with E-state index in [0.717, 1.165) is 24.9 Å². The second kappa shape index (κ2) is 5.91. The van der Waals surface area contributed by atoms with Crippen LogP contribution in [0.15, 0.2) is 18.3 Å². The molecule has 3 rings (SSSR count). The fourth-order valence-electron chi connectivity index (χ4n) is 2.58. The number of nitrogens with one attached hydrogen (secondary N) is 1. The molecular weight excluding hydrogens is 234 g/mol. The predicted molar refractivity (Wildman–Crippen MR) is 79.3 cm³/mol. The SMILES string of the molecule is CCNCc1cccnc1N(CC1CC1)CC1CC1. The van der Waals surface area contributed by atoms with Crippen molar-refractivity contribution in [2.24, 2.45) is 11.8 Å². The van der Waals surface area contributed by atoms with Gasteiger partial charge in [0.1, 0.15) is 5.82 Å². The van der Waals surface area contributed by atoms with E-state index in [1.54, 1.807) is 0 Å². The van der Waals surface area contributed by atoms with E-state index in [9.17, 15) is 0 Å². The molecule has 0 unspecified atom stereocenters.